The van der Waals surface area contributed by atoms with Crippen molar-refractivity contribution in [1.29, 1.82) is 0 Å². The predicted octanol–water partition coefficient (Wildman–Crippen LogP) is 2.56. The zero-order chi connectivity index (χ0) is 13.7. The molecule has 2 aromatic heterocycles. The molecular weight excluding hydrogens is 260 g/mol. The van der Waals surface area contributed by atoms with Crippen LogP contribution in [0, 0.1) is 0 Å². The lowest BCUT2D eigenvalue weighted by Gasteiger charge is -2.24. The standard InChI is InChI=1S/C13H18N4OS/c1-3-13(18,4-2)9-15-12-17-16-11(19-12)10-7-5-6-8-14-10/h5-8,18H,3-4,9H2,1-2H3,(H,15,17). The summed E-state index contributed by atoms with van der Waals surface area (Å²) in [5.74, 6) is 0. The van der Waals surface area contributed by atoms with Crippen molar-refractivity contribution < 1.29 is 5.11 Å². The van der Waals surface area contributed by atoms with E-state index >= 15 is 0 Å². The smallest absolute Gasteiger partial charge is 0.206 e. The van der Waals surface area contributed by atoms with E-state index in [0.29, 0.717) is 24.5 Å². The van der Waals surface area contributed by atoms with Crippen molar-refractivity contribution in [3.05, 3.63) is 24.4 Å². The molecule has 102 valence electrons. The van der Waals surface area contributed by atoms with Crippen LogP contribution in [0.3, 0.4) is 0 Å². The van der Waals surface area contributed by atoms with Crippen LogP contribution in [0.1, 0.15) is 26.7 Å². The van der Waals surface area contributed by atoms with Crippen molar-refractivity contribution >= 4 is 16.5 Å². The maximum Gasteiger partial charge on any atom is 0.206 e. The van der Waals surface area contributed by atoms with Crippen LogP contribution >= 0.6 is 11.3 Å². The summed E-state index contributed by atoms with van der Waals surface area (Å²) in [6.07, 6.45) is 3.15. The van der Waals surface area contributed by atoms with Gasteiger partial charge in [0.05, 0.1) is 5.60 Å². The van der Waals surface area contributed by atoms with E-state index in [1.165, 1.54) is 11.3 Å². The highest BCUT2D eigenvalue weighted by molar-refractivity contribution is 7.18. The molecule has 6 heteroatoms. The molecule has 0 aliphatic heterocycles. The fraction of sp³-hybridized carbons (Fsp3) is 0.462. The Labute approximate surface area is 116 Å². The first-order valence-corrected chi connectivity index (χ1v) is 7.19. The van der Waals surface area contributed by atoms with Gasteiger partial charge in [-0.2, -0.15) is 0 Å². The van der Waals surface area contributed by atoms with Gasteiger partial charge in [-0.3, -0.25) is 4.98 Å². The van der Waals surface area contributed by atoms with E-state index in [4.69, 9.17) is 0 Å². The topological polar surface area (TPSA) is 70.9 Å². The molecule has 19 heavy (non-hydrogen) atoms. The van der Waals surface area contributed by atoms with Crippen LogP contribution in [-0.2, 0) is 0 Å². The van der Waals surface area contributed by atoms with Crippen molar-refractivity contribution in [2.45, 2.75) is 32.3 Å². The van der Waals surface area contributed by atoms with E-state index in [1.54, 1.807) is 6.20 Å². The van der Waals surface area contributed by atoms with Gasteiger partial charge >= 0.3 is 0 Å². The van der Waals surface area contributed by atoms with Crippen LogP contribution in [0.15, 0.2) is 24.4 Å². The highest BCUT2D eigenvalue weighted by Gasteiger charge is 2.22. The molecule has 5 nitrogen and oxygen atoms in total. The lowest BCUT2D eigenvalue weighted by Crippen LogP contribution is -2.35. The summed E-state index contributed by atoms with van der Waals surface area (Å²) in [5.41, 5.74) is 0.130. The molecule has 0 aromatic carbocycles. The third kappa shape index (κ3) is 3.48. The van der Waals surface area contributed by atoms with Crippen LogP contribution in [0.2, 0.25) is 0 Å². The number of anilines is 1. The number of rotatable bonds is 6. The summed E-state index contributed by atoms with van der Waals surface area (Å²) in [7, 11) is 0. The van der Waals surface area contributed by atoms with E-state index in [-0.39, 0.29) is 0 Å². The first-order valence-electron chi connectivity index (χ1n) is 6.38. The Morgan fingerprint density at radius 2 is 2.05 bits per heavy atom. The van der Waals surface area contributed by atoms with Crippen LogP contribution in [0.4, 0.5) is 5.13 Å². The maximum absolute atomic E-state index is 10.2. The summed E-state index contributed by atoms with van der Waals surface area (Å²) in [4.78, 5) is 4.23. The van der Waals surface area contributed by atoms with Gasteiger partial charge in [-0.1, -0.05) is 31.3 Å². The normalized spacial score (nSPS) is 11.5. The molecule has 2 rings (SSSR count). The number of hydrogen-bond donors (Lipinski definition) is 2. The second-order valence-electron chi connectivity index (χ2n) is 4.41. The van der Waals surface area contributed by atoms with E-state index in [1.807, 2.05) is 32.0 Å². The largest absolute Gasteiger partial charge is 0.388 e. The molecular formula is C13H18N4OS. The average molecular weight is 278 g/mol. The molecule has 0 bridgehead atoms. The lowest BCUT2D eigenvalue weighted by atomic mass is 9.98. The minimum Gasteiger partial charge on any atom is -0.388 e. The molecule has 2 heterocycles. The van der Waals surface area contributed by atoms with Gasteiger partial charge in [-0.15, -0.1) is 10.2 Å². The number of pyridine rings is 1. The zero-order valence-corrected chi connectivity index (χ0v) is 11.9. The fourth-order valence-electron chi connectivity index (χ4n) is 1.63. The van der Waals surface area contributed by atoms with Gasteiger partial charge in [0.1, 0.15) is 5.69 Å². The number of aliphatic hydroxyl groups is 1. The SMILES string of the molecule is CCC(O)(CC)CNc1nnc(-c2ccccn2)s1. The quantitative estimate of drug-likeness (QED) is 0.849. The zero-order valence-electron chi connectivity index (χ0n) is 11.1. The van der Waals surface area contributed by atoms with Crippen LogP contribution < -0.4 is 5.32 Å². The Bertz CT molecular complexity index is 510. The van der Waals surface area contributed by atoms with Gasteiger partial charge in [0, 0.05) is 12.7 Å². The van der Waals surface area contributed by atoms with Crippen molar-refractivity contribution in [2.24, 2.45) is 0 Å². The van der Waals surface area contributed by atoms with Gasteiger partial charge in [0.2, 0.25) is 5.13 Å². The van der Waals surface area contributed by atoms with E-state index < -0.39 is 5.60 Å². The highest BCUT2D eigenvalue weighted by Crippen LogP contribution is 2.25. The molecule has 0 aliphatic carbocycles. The summed E-state index contributed by atoms with van der Waals surface area (Å²) in [6, 6.07) is 5.69. The number of hydrogen-bond acceptors (Lipinski definition) is 6. The number of aromatic nitrogens is 3. The fourth-order valence-corrected chi connectivity index (χ4v) is 2.34. The second kappa shape index (κ2) is 6.08. The van der Waals surface area contributed by atoms with Crippen molar-refractivity contribution in [3.8, 4) is 10.7 Å². The van der Waals surface area contributed by atoms with E-state index in [9.17, 15) is 5.11 Å². The minimum absolute atomic E-state index is 0.483. The molecule has 0 aliphatic rings. The molecule has 0 saturated heterocycles. The summed E-state index contributed by atoms with van der Waals surface area (Å²) in [5, 5.41) is 23.0. The van der Waals surface area contributed by atoms with Crippen LogP contribution in [-0.4, -0.2) is 32.4 Å². The Balaban J connectivity index is 2.02. The second-order valence-corrected chi connectivity index (χ2v) is 5.39. The predicted molar refractivity (Wildman–Crippen MR) is 77.2 cm³/mol. The average Bonchev–Trinajstić information content (AvgIpc) is 2.95. The van der Waals surface area contributed by atoms with Gasteiger partial charge < -0.3 is 10.4 Å². The third-order valence-corrected chi connectivity index (χ3v) is 4.10. The van der Waals surface area contributed by atoms with Gasteiger partial charge in [-0.25, -0.2) is 0 Å². The number of nitrogens with zero attached hydrogens (tertiary/aromatic N) is 3. The Morgan fingerprint density at radius 3 is 2.68 bits per heavy atom. The third-order valence-electron chi connectivity index (χ3n) is 3.19. The Morgan fingerprint density at radius 1 is 1.26 bits per heavy atom. The van der Waals surface area contributed by atoms with Gasteiger partial charge in [0.25, 0.3) is 0 Å². The molecule has 0 spiro atoms. The van der Waals surface area contributed by atoms with Gasteiger partial charge in [-0.05, 0) is 25.0 Å². The summed E-state index contributed by atoms with van der Waals surface area (Å²) < 4.78 is 0. The van der Waals surface area contributed by atoms with Crippen LogP contribution in [0.5, 0.6) is 0 Å². The Hall–Kier alpha value is -1.53. The minimum atomic E-state index is -0.684. The van der Waals surface area contributed by atoms with Crippen LogP contribution in [0.25, 0.3) is 10.7 Å². The lowest BCUT2D eigenvalue weighted by molar-refractivity contribution is 0.0457. The van der Waals surface area contributed by atoms with Crippen molar-refractivity contribution in [1.82, 2.24) is 15.2 Å². The van der Waals surface area contributed by atoms with Crippen molar-refractivity contribution in [2.75, 3.05) is 11.9 Å². The summed E-state index contributed by atoms with van der Waals surface area (Å²) in [6.45, 7) is 4.44. The molecule has 0 saturated carbocycles. The number of nitrogens with one attached hydrogen (secondary N) is 1. The highest BCUT2D eigenvalue weighted by atomic mass is 32.1. The molecule has 2 N–H and O–H groups in total. The first-order chi connectivity index (χ1) is 9.17. The first kappa shape index (κ1) is 13.9. The molecule has 0 fully saturated rings. The van der Waals surface area contributed by atoms with E-state index in [0.717, 1.165) is 10.7 Å². The molecule has 0 radical (unpaired) electrons. The molecule has 2 aromatic rings. The molecule has 0 amide bonds. The maximum atomic E-state index is 10.2. The Kier molecular flexibility index (Phi) is 4.44. The summed E-state index contributed by atoms with van der Waals surface area (Å²) >= 11 is 1.44. The molecule has 0 unspecified atom stereocenters. The van der Waals surface area contributed by atoms with Gasteiger partial charge in [0.15, 0.2) is 5.01 Å². The van der Waals surface area contributed by atoms with E-state index in [2.05, 4.69) is 20.5 Å². The van der Waals surface area contributed by atoms with Crippen molar-refractivity contribution in [3.63, 3.8) is 0 Å². The molecule has 0 atom stereocenters. The monoisotopic (exact) mass is 278 g/mol.